The first-order valence-electron chi connectivity index (χ1n) is 13.4. The van der Waals surface area contributed by atoms with E-state index in [1.807, 2.05) is 18.4 Å². The first-order valence-corrected chi connectivity index (χ1v) is 13.4. The number of unbranched alkanes of at least 4 members (excludes halogenated alkanes) is 2. The number of hydrogen-bond donors (Lipinski definition) is 4. The molecule has 0 aliphatic rings. The van der Waals surface area contributed by atoms with Gasteiger partial charge in [0.25, 0.3) is 0 Å². The Kier molecular flexibility index (Phi) is 9.56. The van der Waals surface area contributed by atoms with Gasteiger partial charge in [0.2, 0.25) is 17.8 Å². The normalized spacial score (nSPS) is 11.2. The van der Waals surface area contributed by atoms with Crippen molar-refractivity contribution >= 4 is 34.5 Å². The summed E-state index contributed by atoms with van der Waals surface area (Å²) in [5.41, 5.74) is 4.05. The number of anilines is 2. The summed E-state index contributed by atoms with van der Waals surface area (Å²) in [7, 11) is 0. The average Bonchev–Trinajstić information content (AvgIpc) is 3.29. The molecule has 0 aliphatic carbocycles. The molecule has 2 aromatic heterocycles. The van der Waals surface area contributed by atoms with Gasteiger partial charge in [-0.3, -0.25) is 14.8 Å². The lowest BCUT2D eigenvalue weighted by atomic mass is 10.1. The fourth-order valence-electron chi connectivity index (χ4n) is 4.64. The number of nitrogens with zero attached hydrogens (tertiary/aromatic N) is 4. The Labute approximate surface area is 236 Å². The Morgan fingerprint density at radius 1 is 1.00 bits per heavy atom. The van der Waals surface area contributed by atoms with E-state index in [1.54, 1.807) is 42.7 Å². The van der Waals surface area contributed by atoms with Crippen molar-refractivity contribution in [2.45, 2.75) is 58.9 Å². The number of carbonyl (C=O) groups excluding carboxylic acids is 2. The first kappa shape index (κ1) is 29.5. The van der Waals surface area contributed by atoms with E-state index in [4.69, 9.17) is 5.21 Å². The molecule has 4 aromatic rings. The summed E-state index contributed by atoms with van der Waals surface area (Å²) >= 11 is 0. The zero-order valence-corrected chi connectivity index (χ0v) is 23.2. The summed E-state index contributed by atoms with van der Waals surface area (Å²) in [5.74, 6) is -0.977. The number of aromatic nitrogens is 4. The molecule has 0 aliphatic heterocycles. The summed E-state index contributed by atoms with van der Waals surface area (Å²) in [6.45, 7) is 6.24. The number of hydrogen-bond acceptors (Lipinski definition) is 7. The average molecular weight is 566 g/mol. The Hall–Kier alpha value is -4.45. The van der Waals surface area contributed by atoms with E-state index < -0.39 is 17.5 Å². The number of hydroxylamine groups is 1. The van der Waals surface area contributed by atoms with E-state index in [2.05, 4.69) is 25.6 Å². The molecular formula is C29H33F2N7O3. The minimum Gasteiger partial charge on any atom is -0.356 e. The SMILES string of the molecule is Cc1nc2c(F)cc(-c3nc(Nc4ccc(CC(=O)NCCCCCC(=O)NO)cc4)ncc3F)cc2n1C(C)C. The Balaban J connectivity index is 1.39. The lowest BCUT2D eigenvalue weighted by Crippen LogP contribution is -2.26. The van der Waals surface area contributed by atoms with Crippen LogP contribution in [0.1, 0.15) is 57.0 Å². The van der Waals surface area contributed by atoms with Crippen LogP contribution in [-0.4, -0.2) is 43.1 Å². The molecule has 41 heavy (non-hydrogen) atoms. The number of nitrogens with one attached hydrogen (secondary N) is 3. The molecule has 0 spiro atoms. The molecule has 0 bridgehead atoms. The second-order valence-electron chi connectivity index (χ2n) is 10.0. The second-order valence-corrected chi connectivity index (χ2v) is 10.0. The minimum atomic E-state index is -0.682. The summed E-state index contributed by atoms with van der Waals surface area (Å²) in [6, 6.07) is 10.0. The minimum absolute atomic E-state index is 0.0370. The van der Waals surface area contributed by atoms with E-state index in [0.717, 1.165) is 24.6 Å². The van der Waals surface area contributed by atoms with E-state index in [0.29, 0.717) is 30.0 Å². The monoisotopic (exact) mass is 565 g/mol. The Morgan fingerprint density at radius 3 is 2.46 bits per heavy atom. The van der Waals surface area contributed by atoms with Crippen LogP contribution in [0.25, 0.3) is 22.3 Å². The number of aryl methyl sites for hydroxylation is 1. The standard InChI is InChI=1S/C29H33F2N7O3/c1-17(2)38-18(3)34-28-22(30)14-20(15-24(28)38)27-23(31)16-33-29(36-27)35-21-10-8-19(9-11-21)13-26(40)32-12-6-4-5-7-25(39)37-41/h8-11,14-17,41H,4-7,12-13H2,1-3H3,(H,32,40)(H,37,39)(H,33,35,36). The third-order valence-corrected chi connectivity index (χ3v) is 6.56. The fourth-order valence-corrected chi connectivity index (χ4v) is 4.64. The number of benzene rings is 2. The van der Waals surface area contributed by atoms with Gasteiger partial charge in [-0.05, 0) is 63.4 Å². The molecule has 0 saturated heterocycles. The highest BCUT2D eigenvalue weighted by molar-refractivity contribution is 5.83. The highest BCUT2D eigenvalue weighted by Crippen LogP contribution is 2.30. The summed E-state index contributed by atoms with van der Waals surface area (Å²) < 4.78 is 31.6. The highest BCUT2D eigenvalue weighted by Gasteiger charge is 2.18. The Morgan fingerprint density at radius 2 is 1.76 bits per heavy atom. The van der Waals surface area contributed by atoms with Crippen molar-refractivity contribution in [3.63, 3.8) is 0 Å². The van der Waals surface area contributed by atoms with Crippen LogP contribution < -0.4 is 16.1 Å². The molecule has 2 amide bonds. The molecule has 0 atom stereocenters. The number of imidazole rings is 1. The number of carbonyl (C=O) groups is 2. The third kappa shape index (κ3) is 7.40. The van der Waals surface area contributed by atoms with Crippen molar-refractivity contribution in [1.29, 1.82) is 0 Å². The quantitative estimate of drug-likeness (QED) is 0.106. The van der Waals surface area contributed by atoms with Crippen LogP contribution in [0.3, 0.4) is 0 Å². The van der Waals surface area contributed by atoms with Crippen LogP contribution in [0.2, 0.25) is 0 Å². The van der Waals surface area contributed by atoms with Gasteiger partial charge in [-0.1, -0.05) is 18.6 Å². The maximum atomic E-state index is 14.9. The lowest BCUT2D eigenvalue weighted by molar-refractivity contribution is -0.129. The number of halogens is 2. The summed E-state index contributed by atoms with van der Waals surface area (Å²) in [4.78, 5) is 35.9. The van der Waals surface area contributed by atoms with E-state index in [9.17, 15) is 18.4 Å². The van der Waals surface area contributed by atoms with Crippen molar-refractivity contribution in [2.24, 2.45) is 0 Å². The zero-order valence-electron chi connectivity index (χ0n) is 23.2. The molecule has 2 aromatic carbocycles. The number of fused-ring (bicyclic) bond motifs is 1. The maximum absolute atomic E-state index is 14.9. The fraction of sp³-hybridized carbons (Fsp3) is 0.345. The topological polar surface area (TPSA) is 134 Å². The lowest BCUT2D eigenvalue weighted by Gasteiger charge is -2.12. The predicted molar refractivity (Wildman–Crippen MR) is 151 cm³/mol. The molecular weight excluding hydrogens is 532 g/mol. The highest BCUT2D eigenvalue weighted by atomic mass is 19.1. The van der Waals surface area contributed by atoms with Crippen LogP contribution in [0.4, 0.5) is 20.4 Å². The van der Waals surface area contributed by atoms with Gasteiger partial charge in [-0.15, -0.1) is 0 Å². The van der Waals surface area contributed by atoms with E-state index in [1.165, 1.54) is 6.07 Å². The van der Waals surface area contributed by atoms with Crippen molar-refractivity contribution in [2.75, 3.05) is 11.9 Å². The van der Waals surface area contributed by atoms with Gasteiger partial charge in [0, 0.05) is 30.3 Å². The smallest absolute Gasteiger partial charge is 0.243 e. The third-order valence-electron chi connectivity index (χ3n) is 6.56. The largest absolute Gasteiger partial charge is 0.356 e. The number of amides is 2. The summed E-state index contributed by atoms with van der Waals surface area (Å²) in [5, 5.41) is 14.3. The van der Waals surface area contributed by atoms with Gasteiger partial charge in [-0.25, -0.2) is 29.2 Å². The molecule has 0 unspecified atom stereocenters. The molecule has 0 fully saturated rings. The first-order chi connectivity index (χ1) is 19.7. The van der Waals surface area contributed by atoms with Gasteiger partial charge in [0.15, 0.2) is 11.6 Å². The van der Waals surface area contributed by atoms with E-state index >= 15 is 0 Å². The number of rotatable bonds is 12. The zero-order chi connectivity index (χ0) is 29.5. The van der Waals surface area contributed by atoms with Gasteiger partial charge in [0.1, 0.15) is 17.0 Å². The molecule has 12 heteroatoms. The van der Waals surface area contributed by atoms with Gasteiger partial charge < -0.3 is 15.2 Å². The van der Waals surface area contributed by atoms with Crippen molar-refractivity contribution in [1.82, 2.24) is 30.3 Å². The van der Waals surface area contributed by atoms with Crippen molar-refractivity contribution < 1.29 is 23.6 Å². The van der Waals surface area contributed by atoms with Gasteiger partial charge in [0.05, 0.1) is 18.1 Å². The van der Waals surface area contributed by atoms with Crippen LogP contribution in [-0.2, 0) is 16.0 Å². The second kappa shape index (κ2) is 13.3. The van der Waals surface area contributed by atoms with E-state index in [-0.39, 0.29) is 47.5 Å². The van der Waals surface area contributed by atoms with Crippen molar-refractivity contribution in [3.8, 4) is 11.3 Å². The maximum Gasteiger partial charge on any atom is 0.243 e. The predicted octanol–water partition coefficient (Wildman–Crippen LogP) is 5.13. The molecule has 0 radical (unpaired) electrons. The van der Waals surface area contributed by atoms with Crippen molar-refractivity contribution in [3.05, 3.63) is 65.6 Å². The molecule has 2 heterocycles. The van der Waals surface area contributed by atoms with Crippen LogP contribution in [0, 0.1) is 18.6 Å². The molecule has 216 valence electrons. The van der Waals surface area contributed by atoms with Gasteiger partial charge in [-0.2, -0.15) is 0 Å². The molecule has 0 saturated carbocycles. The van der Waals surface area contributed by atoms with Crippen LogP contribution in [0.15, 0.2) is 42.6 Å². The molecule has 4 rings (SSSR count). The van der Waals surface area contributed by atoms with Crippen LogP contribution in [0.5, 0.6) is 0 Å². The molecule has 10 nitrogen and oxygen atoms in total. The van der Waals surface area contributed by atoms with Gasteiger partial charge >= 0.3 is 0 Å². The Bertz CT molecular complexity index is 1540. The van der Waals surface area contributed by atoms with Crippen LogP contribution >= 0.6 is 0 Å². The molecule has 4 N–H and O–H groups in total. The summed E-state index contributed by atoms with van der Waals surface area (Å²) in [6.07, 6.45) is 3.60.